The summed E-state index contributed by atoms with van der Waals surface area (Å²) in [5.74, 6) is 2.45. The fourth-order valence-corrected chi connectivity index (χ4v) is 7.08. The zero-order chi connectivity index (χ0) is 62.9. The van der Waals surface area contributed by atoms with Crippen LogP contribution < -0.4 is 21.7 Å². The van der Waals surface area contributed by atoms with Crippen molar-refractivity contribution in [2.24, 2.45) is 41.2 Å². The average molecular weight is 1180 g/mol. The first-order valence-corrected chi connectivity index (χ1v) is 31.8. The number of thiocarbonyl (C=S) groups is 1. The third-order valence-corrected chi connectivity index (χ3v) is 12.3. The number of unbranched alkanes of at least 4 members (excludes halogenated alkanes) is 6. The van der Waals surface area contributed by atoms with Gasteiger partial charge in [0.05, 0.1) is 19.8 Å². The summed E-state index contributed by atoms with van der Waals surface area (Å²) in [5, 5.41) is 18.5. The highest BCUT2D eigenvalue weighted by molar-refractivity contribution is 7.80. The summed E-state index contributed by atoms with van der Waals surface area (Å²) in [6.45, 7) is 38.4. The van der Waals surface area contributed by atoms with Gasteiger partial charge >= 0.3 is 11.9 Å². The number of Topliss-reactive ketones (excluding diaryl/α,β-unsaturated/α-hetero) is 1. The molecule has 0 saturated carbocycles. The first-order chi connectivity index (χ1) is 38.8. The topological polar surface area (TPSA) is 225 Å². The van der Waals surface area contributed by atoms with Crippen molar-refractivity contribution < 1.29 is 52.9 Å². The number of carboxylic acid groups (broad SMARTS) is 1. The third-order valence-electron chi connectivity index (χ3n) is 12.0. The summed E-state index contributed by atoms with van der Waals surface area (Å²) in [6, 6.07) is 8.14. The Bertz CT molecular complexity index is 1650. The van der Waals surface area contributed by atoms with Crippen LogP contribution in [0.15, 0.2) is 24.3 Å². The van der Waals surface area contributed by atoms with Gasteiger partial charge in [0.1, 0.15) is 5.78 Å². The van der Waals surface area contributed by atoms with Crippen molar-refractivity contribution in [1.29, 1.82) is 0 Å². The molecule has 0 atom stereocenters. The van der Waals surface area contributed by atoms with E-state index in [1.165, 1.54) is 44.1 Å². The molecule has 17 heteroatoms. The molecule has 1 heterocycles. The standard InChI is InChI=1S/C19H32N2O6.C15H24N2OS.C9H20.C8H16O.C7H17NO.C7H14O2/c1-15(2)11-13-26-14-12-20-16(22)7-5-3-4-6-8-19(25)27-21-17(23)9-10-18(21)24;1-12(2)8-10-18-11-9-16-15(19)17-14-6-4-13(3)5-7-14;1-4-5-6-7-8-9(2)3;1-7(2)5-4-6-8(3)9;1-7(2)3-5-9-6-4-8;1-6(2)4-3-5-7(8)9/h15H,3-14H2,1-2H3,(H,20,22);4-7,12H,8-11H2,1-3H3,(H2,16,17,19);9H,4-8H2,1-3H3;7H,4-6H2,1-3H3;7H,3-6,8H2,1-2H3;6H,3-5H2,1-2H3,(H,8,9). The molecule has 1 aromatic carbocycles. The molecule has 82 heavy (non-hydrogen) atoms. The van der Waals surface area contributed by atoms with Crippen LogP contribution in [0.25, 0.3) is 0 Å². The Morgan fingerprint density at radius 1 is 0.561 bits per heavy atom. The number of hydrogen-bond acceptors (Lipinski definition) is 12. The molecule has 1 aliphatic rings. The van der Waals surface area contributed by atoms with Gasteiger partial charge in [0.15, 0.2) is 5.11 Å². The van der Waals surface area contributed by atoms with Crippen LogP contribution >= 0.6 is 12.2 Å². The highest BCUT2D eigenvalue weighted by atomic mass is 32.1. The van der Waals surface area contributed by atoms with Crippen molar-refractivity contribution in [2.75, 3.05) is 64.6 Å². The molecular weight excluding hydrogens is 1060 g/mol. The number of amides is 3. The van der Waals surface area contributed by atoms with Crippen LogP contribution in [-0.4, -0.2) is 110 Å². The minimum absolute atomic E-state index is 0.00734. The fourth-order valence-electron chi connectivity index (χ4n) is 6.86. The van der Waals surface area contributed by atoms with E-state index in [2.05, 4.69) is 125 Å². The van der Waals surface area contributed by atoms with Crippen LogP contribution in [0.2, 0.25) is 0 Å². The van der Waals surface area contributed by atoms with Gasteiger partial charge in [0.25, 0.3) is 11.8 Å². The van der Waals surface area contributed by atoms with Gasteiger partial charge in [0, 0.05) is 83.7 Å². The maximum absolute atomic E-state index is 11.7. The monoisotopic (exact) mass is 1180 g/mol. The Kier molecular flexibility index (Phi) is 61.9. The number of nitrogens with two attached hydrogens (primary N) is 1. The van der Waals surface area contributed by atoms with Crippen molar-refractivity contribution in [1.82, 2.24) is 15.7 Å². The van der Waals surface area contributed by atoms with Gasteiger partial charge in [-0.2, -0.15) is 0 Å². The molecule has 0 aromatic heterocycles. The number of ether oxygens (including phenoxy) is 3. The van der Waals surface area contributed by atoms with E-state index in [0.29, 0.717) is 85.9 Å². The number of imide groups is 1. The van der Waals surface area contributed by atoms with Gasteiger partial charge in [-0.25, -0.2) is 4.79 Å². The highest BCUT2D eigenvalue weighted by Crippen LogP contribution is 2.15. The first kappa shape index (κ1) is 84.4. The van der Waals surface area contributed by atoms with Crippen LogP contribution in [-0.2, 0) is 47.8 Å². The predicted octanol–water partition coefficient (Wildman–Crippen LogP) is 14.4. The zero-order valence-electron chi connectivity index (χ0n) is 54.7. The van der Waals surface area contributed by atoms with Crippen LogP contribution in [0.5, 0.6) is 0 Å². The number of nitrogens with one attached hydrogen (secondary N) is 3. The summed E-state index contributed by atoms with van der Waals surface area (Å²) in [6.07, 6.45) is 19.2. The van der Waals surface area contributed by atoms with Crippen molar-refractivity contribution in [3.8, 4) is 0 Å². The van der Waals surface area contributed by atoms with E-state index in [9.17, 15) is 28.8 Å². The number of nitrogens with zero attached hydrogens (tertiary/aromatic N) is 1. The number of aryl methyl sites for hydroxylation is 1. The average Bonchev–Trinajstić information content (AvgIpc) is 3.71. The van der Waals surface area contributed by atoms with Crippen LogP contribution in [0, 0.1) is 42.4 Å². The SMILES string of the molecule is CC(=O)CCCC(C)C.CC(C)CCCC(=O)O.CC(C)CCOCCN.CC(C)CCOCCNC(=O)CCCCCCC(=O)ON1C(=O)CCC1=O.CCCCCCC(C)C.Cc1ccc(NC(=S)NCCOCCC(C)C)cc1. The Morgan fingerprint density at radius 3 is 1.43 bits per heavy atom. The molecule has 6 N–H and O–H groups in total. The minimum atomic E-state index is -0.685. The lowest BCUT2D eigenvalue weighted by molar-refractivity contribution is -0.197. The van der Waals surface area contributed by atoms with E-state index in [4.69, 9.17) is 42.1 Å². The minimum Gasteiger partial charge on any atom is -0.481 e. The number of carboxylic acids is 1. The van der Waals surface area contributed by atoms with Gasteiger partial charge < -0.3 is 50.6 Å². The lowest BCUT2D eigenvalue weighted by atomic mass is 10.1. The second-order valence-corrected chi connectivity index (χ2v) is 24.0. The molecule has 0 bridgehead atoms. The molecule has 3 amide bonds. The van der Waals surface area contributed by atoms with Crippen molar-refractivity contribution in [2.45, 2.75) is 245 Å². The normalized spacial score (nSPS) is 11.7. The lowest BCUT2D eigenvalue weighted by Crippen LogP contribution is -2.31. The van der Waals surface area contributed by atoms with Gasteiger partial charge in [-0.1, -0.05) is 165 Å². The quantitative estimate of drug-likeness (QED) is 0.0235. The maximum Gasteiger partial charge on any atom is 0.333 e. The second kappa shape index (κ2) is 60.1. The predicted molar refractivity (Wildman–Crippen MR) is 342 cm³/mol. The van der Waals surface area contributed by atoms with Crippen molar-refractivity contribution in [3.05, 3.63) is 29.8 Å². The molecule has 16 nitrogen and oxygen atoms in total. The highest BCUT2D eigenvalue weighted by Gasteiger charge is 2.32. The molecule has 0 spiro atoms. The van der Waals surface area contributed by atoms with E-state index in [1.807, 2.05) is 12.1 Å². The molecule has 1 fully saturated rings. The molecule has 1 saturated heterocycles. The summed E-state index contributed by atoms with van der Waals surface area (Å²) < 4.78 is 16.1. The van der Waals surface area contributed by atoms with Crippen molar-refractivity contribution >= 4 is 58.5 Å². The number of hydrogen-bond donors (Lipinski definition) is 5. The third kappa shape index (κ3) is 70.2. The maximum atomic E-state index is 11.7. The first-order valence-electron chi connectivity index (χ1n) is 31.4. The molecular formula is C65H123N5O11S. The summed E-state index contributed by atoms with van der Waals surface area (Å²) >= 11 is 5.21. The summed E-state index contributed by atoms with van der Waals surface area (Å²) in [7, 11) is 0. The number of ketones is 1. The molecule has 0 aliphatic carbocycles. The smallest absolute Gasteiger partial charge is 0.333 e. The number of rotatable bonds is 39. The zero-order valence-corrected chi connectivity index (χ0v) is 55.5. The number of aliphatic carboxylic acids is 1. The van der Waals surface area contributed by atoms with Gasteiger partial charge in [0.2, 0.25) is 5.91 Å². The Balaban J connectivity index is -0.000000480. The van der Waals surface area contributed by atoms with E-state index in [0.717, 1.165) is 114 Å². The number of carbonyl (C=O) groups excluding carboxylic acids is 5. The number of carbonyl (C=O) groups is 6. The van der Waals surface area contributed by atoms with Gasteiger partial charge in [-0.05, 0) is 119 Å². The molecule has 0 radical (unpaired) electrons. The molecule has 480 valence electrons. The Labute approximate surface area is 505 Å². The molecule has 1 aromatic rings. The van der Waals surface area contributed by atoms with Gasteiger partial charge in [-0.3, -0.25) is 19.2 Å². The van der Waals surface area contributed by atoms with E-state index >= 15 is 0 Å². The Hall–Kier alpha value is -4.03. The van der Waals surface area contributed by atoms with Crippen LogP contribution in [0.1, 0.15) is 244 Å². The lowest BCUT2D eigenvalue weighted by Gasteiger charge is -2.12. The Morgan fingerprint density at radius 2 is 0.988 bits per heavy atom. The fraction of sp³-hybridized carbons (Fsp3) is 0.800. The van der Waals surface area contributed by atoms with Crippen LogP contribution in [0.4, 0.5) is 5.69 Å². The van der Waals surface area contributed by atoms with E-state index in [-0.39, 0.29) is 25.2 Å². The second-order valence-electron chi connectivity index (χ2n) is 23.6. The number of benzene rings is 1. The molecule has 0 unspecified atom stereocenters. The number of hydroxylamine groups is 2. The molecule has 1 aliphatic heterocycles. The summed E-state index contributed by atoms with van der Waals surface area (Å²) in [4.78, 5) is 71.1. The molecule has 2 rings (SSSR count). The van der Waals surface area contributed by atoms with Gasteiger partial charge in [-0.15, -0.1) is 5.06 Å². The largest absolute Gasteiger partial charge is 0.481 e. The van der Waals surface area contributed by atoms with E-state index < -0.39 is 23.8 Å². The van der Waals surface area contributed by atoms with Crippen LogP contribution in [0.3, 0.4) is 0 Å². The summed E-state index contributed by atoms with van der Waals surface area (Å²) in [5.41, 5.74) is 7.46. The van der Waals surface area contributed by atoms with Crippen molar-refractivity contribution in [3.63, 3.8) is 0 Å². The van der Waals surface area contributed by atoms with E-state index in [1.54, 1.807) is 6.92 Å². The number of anilines is 1.